The zero-order valence-electron chi connectivity index (χ0n) is 14.5. The molecule has 1 amide bonds. The van der Waals surface area contributed by atoms with Gasteiger partial charge in [-0.15, -0.1) is 5.10 Å². The van der Waals surface area contributed by atoms with Gasteiger partial charge in [-0.2, -0.15) is 0 Å². The Morgan fingerprint density at radius 3 is 2.78 bits per heavy atom. The molecule has 0 radical (unpaired) electrons. The molecule has 1 aliphatic heterocycles. The van der Waals surface area contributed by atoms with Gasteiger partial charge >= 0.3 is 0 Å². The van der Waals surface area contributed by atoms with E-state index in [0.29, 0.717) is 47.8 Å². The fourth-order valence-corrected chi connectivity index (χ4v) is 3.07. The van der Waals surface area contributed by atoms with Crippen molar-refractivity contribution in [3.05, 3.63) is 48.0 Å². The molecule has 1 N–H and O–H groups in total. The average Bonchev–Trinajstić information content (AvgIpc) is 3.44. The van der Waals surface area contributed by atoms with Gasteiger partial charge in [-0.25, -0.2) is 4.68 Å². The van der Waals surface area contributed by atoms with Gasteiger partial charge in [0.05, 0.1) is 6.04 Å². The van der Waals surface area contributed by atoms with Crippen LogP contribution in [0.2, 0.25) is 0 Å². The molecule has 1 saturated carbocycles. The lowest BCUT2D eigenvalue weighted by molar-refractivity contribution is 0.102. The van der Waals surface area contributed by atoms with Crippen LogP contribution in [0.5, 0.6) is 11.5 Å². The summed E-state index contributed by atoms with van der Waals surface area (Å²) < 4.78 is 12.9. The van der Waals surface area contributed by atoms with Gasteiger partial charge in [0, 0.05) is 16.8 Å². The largest absolute Gasteiger partial charge is 0.486 e. The van der Waals surface area contributed by atoms with E-state index in [-0.39, 0.29) is 5.91 Å². The van der Waals surface area contributed by atoms with E-state index in [9.17, 15) is 4.79 Å². The van der Waals surface area contributed by atoms with Gasteiger partial charge in [-0.1, -0.05) is 12.1 Å². The Bertz CT molecular complexity index is 1010. The summed E-state index contributed by atoms with van der Waals surface area (Å²) in [6, 6.07) is 13.1. The molecule has 0 bridgehead atoms. The Balaban J connectivity index is 1.38. The molecule has 1 fully saturated rings. The van der Waals surface area contributed by atoms with Crippen LogP contribution in [0.25, 0.3) is 11.4 Å². The first-order valence-corrected chi connectivity index (χ1v) is 8.87. The fourth-order valence-electron chi connectivity index (χ4n) is 3.07. The van der Waals surface area contributed by atoms with Crippen molar-refractivity contribution in [2.45, 2.75) is 18.9 Å². The third kappa shape index (κ3) is 3.10. The first-order valence-electron chi connectivity index (χ1n) is 8.87. The summed E-state index contributed by atoms with van der Waals surface area (Å²) in [4.78, 5) is 12.6. The molecule has 0 atom stereocenters. The number of fused-ring (bicyclic) bond motifs is 1. The van der Waals surface area contributed by atoms with Crippen LogP contribution in [0.4, 0.5) is 5.69 Å². The van der Waals surface area contributed by atoms with Gasteiger partial charge in [0.2, 0.25) is 0 Å². The molecule has 1 aromatic heterocycles. The first kappa shape index (κ1) is 15.8. The second-order valence-corrected chi connectivity index (χ2v) is 6.57. The maximum atomic E-state index is 12.6. The van der Waals surface area contributed by atoms with Crippen LogP contribution in [0.3, 0.4) is 0 Å². The van der Waals surface area contributed by atoms with E-state index in [4.69, 9.17) is 9.47 Å². The molecule has 2 aliphatic rings. The quantitative estimate of drug-likeness (QED) is 0.766. The number of aromatic nitrogens is 4. The van der Waals surface area contributed by atoms with Gasteiger partial charge in [-0.05, 0) is 53.6 Å². The van der Waals surface area contributed by atoms with E-state index >= 15 is 0 Å². The Morgan fingerprint density at radius 2 is 1.93 bits per heavy atom. The van der Waals surface area contributed by atoms with E-state index in [1.54, 1.807) is 18.2 Å². The van der Waals surface area contributed by atoms with Crippen LogP contribution in [0.15, 0.2) is 42.5 Å². The Morgan fingerprint density at radius 1 is 1.07 bits per heavy atom. The van der Waals surface area contributed by atoms with Gasteiger partial charge in [0.1, 0.15) is 13.2 Å². The van der Waals surface area contributed by atoms with Gasteiger partial charge in [-0.3, -0.25) is 4.79 Å². The maximum Gasteiger partial charge on any atom is 0.255 e. The second-order valence-electron chi connectivity index (χ2n) is 6.57. The molecule has 3 aromatic rings. The minimum absolute atomic E-state index is 0.217. The van der Waals surface area contributed by atoms with E-state index in [1.807, 2.05) is 28.9 Å². The predicted octanol–water partition coefficient (Wildman–Crippen LogP) is 2.70. The molecule has 0 unspecified atom stereocenters. The topological polar surface area (TPSA) is 91.2 Å². The van der Waals surface area contributed by atoms with Gasteiger partial charge in [0.25, 0.3) is 5.91 Å². The normalized spacial score (nSPS) is 15.4. The van der Waals surface area contributed by atoms with Crippen molar-refractivity contribution in [1.29, 1.82) is 0 Å². The first-order chi connectivity index (χ1) is 13.3. The highest BCUT2D eigenvalue weighted by Gasteiger charge is 2.28. The highest BCUT2D eigenvalue weighted by Crippen LogP contribution is 2.37. The summed E-state index contributed by atoms with van der Waals surface area (Å²) in [5.74, 6) is 1.75. The number of anilines is 1. The minimum atomic E-state index is -0.217. The van der Waals surface area contributed by atoms with Crippen molar-refractivity contribution in [3.8, 4) is 22.9 Å². The van der Waals surface area contributed by atoms with E-state index in [0.717, 1.165) is 18.4 Å². The third-order valence-electron chi connectivity index (χ3n) is 4.57. The average molecular weight is 363 g/mol. The molecule has 2 aromatic carbocycles. The molecule has 27 heavy (non-hydrogen) atoms. The van der Waals surface area contributed by atoms with Crippen molar-refractivity contribution in [1.82, 2.24) is 20.2 Å². The smallest absolute Gasteiger partial charge is 0.255 e. The summed E-state index contributed by atoms with van der Waals surface area (Å²) in [5.41, 5.74) is 2.05. The maximum absolute atomic E-state index is 12.6. The van der Waals surface area contributed by atoms with Crippen LogP contribution >= 0.6 is 0 Å². The number of nitrogens with zero attached hydrogens (tertiary/aromatic N) is 4. The summed E-state index contributed by atoms with van der Waals surface area (Å²) in [7, 11) is 0. The number of carbonyl (C=O) groups is 1. The molecule has 0 spiro atoms. The molecule has 8 heteroatoms. The zero-order valence-corrected chi connectivity index (χ0v) is 14.5. The standard InChI is InChI=1S/C19H17N5O3/c25-19(13-4-7-16-17(11-13)27-9-8-26-16)20-14-3-1-2-12(10-14)18-21-22-23-24(18)15-5-6-15/h1-4,7,10-11,15H,5-6,8-9H2,(H,20,25). The number of benzene rings is 2. The number of hydrogen-bond donors (Lipinski definition) is 1. The van der Waals surface area contributed by atoms with Crippen LogP contribution in [-0.2, 0) is 0 Å². The van der Waals surface area contributed by atoms with Crippen LogP contribution in [0, 0.1) is 0 Å². The molecular formula is C19H17N5O3. The SMILES string of the molecule is O=C(Nc1cccc(-c2nnnn2C2CC2)c1)c1ccc2c(c1)OCCO2. The number of amides is 1. The van der Waals surface area contributed by atoms with E-state index in [1.165, 1.54) is 0 Å². The lowest BCUT2D eigenvalue weighted by Gasteiger charge is -2.18. The van der Waals surface area contributed by atoms with Crippen LogP contribution in [0.1, 0.15) is 29.2 Å². The third-order valence-corrected chi connectivity index (χ3v) is 4.57. The number of carbonyl (C=O) groups excluding carboxylic acids is 1. The Hall–Kier alpha value is -3.42. The molecule has 2 heterocycles. The summed E-state index contributed by atoms with van der Waals surface area (Å²) in [6.07, 6.45) is 2.19. The Labute approximate surface area is 155 Å². The summed E-state index contributed by atoms with van der Waals surface area (Å²) in [5, 5.41) is 14.9. The number of ether oxygens (including phenoxy) is 2. The number of nitrogens with one attached hydrogen (secondary N) is 1. The van der Waals surface area contributed by atoms with Crippen molar-refractivity contribution >= 4 is 11.6 Å². The summed E-state index contributed by atoms with van der Waals surface area (Å²) >= 11 is 0. The molecular weight excluding hydrogens is 346 g/mol. The van der Waals surface area contributed by atoms with E-state index in [2.05, 4.69) is 20.8 Å². The molecule has 8 nitrogen and oxygen atoms in total. The van der Waals surface area contributed by atoms with Crippen LogP contribution < -0.4 is 14.8 Å². The molecule has 1 aliphatic carbocycles. The predicted molar refractivity (Wildman–Crippen MR) is 96.9 cm³/mol. The van der Waals surface area contributed by atoms with E-state index < -0.39 is 0 Å². The monoisotopic (exact) mass is 363 g/mol. The van der Waals surface area contributed by atoms with Crippen molar-refractivity contribution < 1.29 is 14.3 Å². The minimum Gasteiger partial charge on any atom is -0.486 e. The number of tetrazole rings is 1. The zero-order chi connectivity index (χ0) is 18.2. The van der Waals surface area contributed by atoms with Gasteiger partial charge < -0.3 is 14.8 Å². The highest BCUT2D eigenvalue weighted by atomic mass is 16.6. The Kier molecular flexibility index (Phi) is 3.74. The number of rotatable bonds is 4. The van der Waals surface area contributed by atoms with Gasteiger partial charge in [0.15, 0.2) is 17.3 Å². The van der Waals surface area contributed by atoms with Crippen molar-refractivity contribution in [2.24, 2.45) is 0 Å². The highest BCUT2D eigenvalue weighted by molar-refractivity contribution is 6.04. The lowest BCUT2D eigenvalue weighted by Crippen LogP contribution is -2.17. The van der Waals surface area contributed by atoms with Crippen molar-refractivity contribution in [2.75, 3.05) is 18.5 Å². The molecule has 136 valence electrons. The molecule has 0 saturated heterocycles. The second kappa shape index (κ2) is 6.39. The lowest BCUT2D eigenvalue weighted by atomic mass is 10.1. The fraction of sp³-hybridized carbons (Fsp3) is 0.263. The number of hydrogen-bond acceptors (Lipinski definition) is 6. The molecule has 5 rings (SSSR count). The van der Waals surface area contributed by atoms with Crippen molar-refractivity contribution in [3.63, 3.8) is 0 Å². The summed E-state index contributed by atoms with van der Waals surface area (Å²) in [6.45, 7) is 1.00. The van der Waals surface area contributed by atoms with Crippen LogP contribution in [-0.4, -0.2) is 39.3 Å².